The van der Waals surface area contributed by atoms with Crippen molar-refractivity contribution in [3.05, 3.63) is 58.3 Å². The van der Waals surface area contributed by atoms with Crippen molar-refractivity contribution >= 4 is 23.8 Å². The van der Waals surface area contributed by atoms with Crippen LogP contribution < -0.4 is 4.74 Å². The van der Waals surface area contributed by atoms with Gasteiger partial charge in [0, 0.05) is 35.9 Å². The molecular weight excluding hydrogens is 408 g/mol. The molecule has 0 radical (unpaired) electrons. The number of hydrogen-bond donors (Lipinski definition) is 0. The fourth-order valence-electron chi connectivity index (χ4n) is 2.61. The van der Waals surface area contributed by atoms with E-state index in [-0.39, 0.29) is 11.0 Å². The highest BCUT2D eigenvalue weighted by Gasteiger charge is 2.13. The summed E-state index contributed by atoms with van der Waals surface area (Å²) in [6.45, 7) is 5.61. The number of rotatable bonds is 6. The van der Waals surface area contributed by atoms with Gasteiger partial charge in [-0.3, -0.25) is 4.98 Å². The lowest BCUT2D eigenvalue weighted by Gasteiger charge is -2.10. The summed E-state index contributed by atoms with van der Waals surface area (Å²) in [6.07, 6.45) is 7.59. The zero-order valence-corrected chi connectivity index (χ0v) is 17.2. The van der Waals surface area contributed by atoms with Gasteiger partial charge >= 0.3 is 0 Å². The fourth-order valence-corrected chi connectivity index (χ4v) is 2.81. The topological polar surface area (TPSA) is 113 Å². The Morgan fingerprint density at radius 1 is 1.03 bits per heavy atom. The van der Waals surface area contributed by atoms with Crippen LogP contribution >= 0.6 is 11.6 Å². The third kappa shape index (κ3) is 4.36. The first-order chi connectivity index (χ1) is 14.5. The maximum absolute atomic E-state index is 6.14. The van der Waals surface area contributed by atoms with Gasteiger partial charge in [-0.1, -0.05) is 28.8 Å². The van der Waals surface area contributed by atoms with Gasteiger partial charge in [0.15, 0.2) is 17.4 Å². The van der Waals surface area contributed by atoms with E-state index in [0.717, 1.165) is 11.1 Å². The number of ether oxygens (including phenoxy) is 1. The Balaban J connectivity index is 1.59. The molecule has 0 aliphatic carbocycles. The quantitative estimate of drug-likeness (QED) is 0.406. The van der Waals surface area contributed by atoms with E-state index in [0.29, 0.717) is 41.2 Å². The summed E-state index contributed by atoms with van der Waals surface area (Å²) in [5, 5.41) is 7.90. The van der Waals surface area contributed by atoms with E-state index in [2.05, 4.69) is 30.2 Å². The molecule has 0 spiro atoms. The minimum absolute atomic E-state index is 0.239. The third-order valence-electron chi connectivity index (χ3n) is 4.17. The first-order valence-corrected chi connectivity index (χ1v) is 9.51. The number of halogens is 1. The number of nitrogens with zero attached hydrogens (tertiary/aromatic N) is 6. The van der Waals surface area contributed by atoms with Gasteiger partial charge in [-0.05, 0) is 31.6 Å². The second-order valence-corrected chi connectivity index (χ2v) is 6.74. The highest BCUT2D eigenvalue weighted by atomic mass is 35.5. The van der Waals surface area contributed by atoms with Gasteiger partial charge in [-0.15, -0.1) is 0 Å². The van der Waals surface area contributed by atoms with Crippen molar-refractivity contribution < 1.29 is 13.8 Å². The zero-order chi connectivity index (χ0) is 21.1. The smallest absolute Gasteiger partial charge is 0.258 e. The van der Waals surface area contributed by atoms with Gasteiger partial charge in [0.05, 0.1) is 6.20 Å². The van der Waals surface area contributed by atoms with Gasteiger partial charge in [0.25, 0.3) is 11.8 Å². The maximum Gasteiger partial charge on any atom is 0.258 e. The molecule has 30 heavy (non-hydrogen) atoms. The summed E-state index contributed by atoms with van der Waals surface area (Å²) in [4.78, 5) is 16.9. The first kappa shape index (κ1) is 19.7. The molecule has 4 rings (SSSR count). The molecule has 4 aromatic heterocycles. The third-order valence-corrected chi connectivity index (χ3v) is 4.37. The molecule has 0 bridgehead atoms. The Hall–Kier alpha value is -3.59. The highest BCUT2D eigenvalue weighted by molar-refractivity contribution is 6.29. The van der Waals surface area contributed by atoms with Gasteiger partial charge in [0.2, 0.25) is 5.88 Å². The van der Waals surface area contributed by atoms with E-state index < -0.39 is 0 Å². The maximum atomic E-state index is 6.14. The molecule has 0 aliphatic heterocycles. The lowest BCUT2D eigenvalue weighted by atomic mass is 10.1. The van der Waals surface area contributed by atoms with Crippen LogP contribution in [0.1, 0.15) is 35.6 Å². The number of aryl methyl sites for hydroxylation is 2. The lowest BCUT2D eigenvalue weighted by Crippen LogP contribution is -1.95. The van der Waals surface area contributed by atoms with Crippen LogP contribution in [-0.4, -0.2) is 30.2 Å². The van der Waals surface area contributed by atoms with E-state index in [1.807, 2.05) is 19.9 Å². The van der Waals surface area contributed by atoms with E-state index in [1.54, 1.807) is 37.5 Å². The lowest BCUT2D eigenvalue weighted by molar-refractivity contribution is 0.403. The van der Waals surface area contributed by atoms with Crippen LogP contribution in [0.2, 0.25) is 5.15 Å². The van der Waals surface area contributed by atoms with E-state index in [1.165, 1.54) is 0 Å². The van der Waals surface area contributed by atoms with Gasteiger partial charge < -0.3 is 13.8 Å². The largest absolute Gasteiger partial charge is 0.437 e. The van der Waals surface area contributed by atoms with Crippen LogP contribution in [0.4, 0.5) is 0 Å². The molecule has 0 atom stereocenters. The molecule has 0 fully saturated rings. The molecule has 152 valence electrons. The van der Waals surface area contributed by atoms with Crippen LogP contribution in [0.25, 0.3) is 23.6 Å². The summed E-state index contributed by atoms with van der Waals surface area (Å²) >= 11 is 6.14. The molecule has 0 amide bonds. The average molecular weight is 425 g/mol. The molecule has 0 unspecified atom stereocenters. The molecule has 4 heterocycles. The molecule has 0 saturated carbocycles. The molecule has 4 aromatic rings. The first-order valence-electron chi connectivity index (χ1n) is 9.13. The Labute approximate surface area is 176 Å². The Bertz CT molecular complexity index is 1220. The minimum Gasteiger partial charge on any atom is -0.437 e. The zero-order valence-electron chi connectivity index (χ0n) is 16.5. The second kappa shape index (κ2) is 8.42. The monoisotopic (exact) mass is 424 g/mol. The second-order valence-electron chi connectivity index (χ2n) is 6.35. The molecule has 0 aromatic carbocycles. The van der Waals surface area contributed by atoms with Crippen molar-refractivity contribution in [3.63, 3.8) is 0 Å². The molecule has 0 N–H and O–H groups in total. The van der Waals surface area contributed by atoms with Crippen LogP contribution in [0.15, 0.2) is 33.6 Å². The molecule has 0 aliphatic rings. The standard InChI is InChI=1S/C20H17ClN6O3/c1-4-17-25-18(29-27-17)6-5-13-9-22-10-15(11(13)2)28-19-8-14(7-16(21)24-19)20-23-12(3)26-30-20/h5-10H,4H2,1-3H3/b6-5+. The SMILES string of the molecule is CCc1noc(/C=C/c2cncc(Oc3cc(-c4nc(C)no4)cc(Cl)n3)c2C)n1. The van der Waals surface area contributed by atoms with Crippen molar-refractivity contribution in [3.8, 4) is 23.1 Å². The van der Waals surface area contributed by atoms with Crippen molar-refractivity contribution in [2.75, 3.05) is 0 Å². The van der Waals surface area contributed by atoms with Crippen LogP contribution in [-0.2, 0) is 6.42 Å². The minimum atomic E-state index is 0.239. The Morgan fingerprint density at radius 3 is 2.63 bits per heavy atom. The summed E-state index contributed by atoms with van der Waals surface area (Å²) in [7, 11) is 0. The highest BCUT2D eigenvalue weighted by Crippen LogP contribution is 2.30. The van der Waals surface area contributed by atoms with Crippen molar-refractivity contribution in [1.82, 2.24) is 30.2 Å². The van der Waals surface area contributed by atoms with Gasteiger partial charge in [-0.2, -0.15) is 9.97 Å². The number of hydrogen-bond acceptors (Lipinski definition) is 9. The van der Waals surface area contributed by atoms with Crippen molar-refractivity contribution in [1.29, 1.82) is 0 Å². The predicted molar refractivity (Wildman–Crippen MR) is 109 cm³/mol. The molecule has 10 heteroatoms. The fraction of sp³-hybridized carbons (Fsp3) is 0.200. The summed E-state index contributed by atoms with van der Waals surface area (Å²) < 4.78 is 16.3. The van der Waals surface area contributed by atoms with Crippen LogP contribution in [0, 0.1) is 13.8 Å². The number of pyridine rings is 2. The van der Waals surface area contributed by atoms with Crippen LogP contribution in [0.5, 0.6) is 11.6 Å². The molecular formula is C20H17ClN6O3. The van der Waals surface area contributed by atoms with Crippen molar-refractivity contribution in [2.45, 2.75) is 27.2 Å². The predicted octanol–water partition coefficient (Wildman–Crippen LogP) is 4.70. The van der Waals surface area contributed by atoms with Crippen molar-refractivity contribution in [2.24, 2.45) is 0 Å². The van der Waals surface area contributed by atoms with Gasteiger partial charge in [-0.25, -0.2) is 4.98 Å². The van der Waals surface area contributed by atoms with Gasteiger partial charge in [0.1, 0.15) is 5.15 Å². The summed E-state index contributed by atoms with van der Waals surface area (Å²) in [5.41, 5.74) is 2.29. The summed E-state index contributed by atoms with van der Waals surface area (Å²) in [5.74, 6) is 2.74. The van der Waals surface area contributed by atoms with Crippen LogP contribution in [0.3, 0.4) is 0 Å². The normalized spacial score (nSPS) is 11.3. The average Bonchev–Trinajstić information content (AvgIpc) is 3.37. The summed E-state index contributed by atoms with van der Waals surface area (Å²) in [6, 6.07) is 3.30. The molecule has 9 nitrogen and oxygen atoms in total. The van der Waals surface area contributed by atoms with E-state index >= 15 is 0 Å². The Kier molecular flexibility index (Phi) is 5.53. The Morgan fingerprint density at radius 2 is 1.90 bits per heavy atom. The van der Waals surface area contributed by atoms with E-state index in [9.17, 15) is 0 Å². The number of aromatic nitrogens is 6. The van der Waals surface area contributed by atoms with E-state index in [4.69, 9.17) is 25.4 Å². The molecule has 0 saturated heterocycles.